The molecule has 26 heavy (non-hydrogen) atoms. The van der Waals surface area contributed by atoms with Crippen LogP contribution in [0.3, 0.4) is 0 Å². The topological polar surface area (TPSA) is 60.0 Å². The molecule has 9 heteroatoms. The summed E-state index contributed by atoms with van der Waals surface area (Å²) in [5.41, 5.74) is 1.80. The van der Waals surface area contributed by atoms with Crippen molar-refractivity contribution in [1.29, 1.82) is 0 Å². The van der Waals surface area contributed by atoms with Gasteiger partial charge in [0, 0.05) is 24.9 Å². The Balaban J connectivity index is 1.66. The second-order valence-electron chi connectivity index (χ2n) is 6.03. The Kier molecular flexibility index (Phi) is 3.60. The number of imidazole rings is 1. The van der Waals surface area contributed by atoms with Crippen molar-refractivity contribution in [2.24, 2.45) is 7.05 Å². The Morgan fingerprint density at radius 1 is 1.12 bits per heavy atom. The summed E-state index contributed by atoms with van der Waals surface area (Å²) < 4.78 is 42.1. The fraction of sp³-hybridized carbons (Fsp3) is 0.235. The van der Waals surface area contributed by atoms with Gasteiger partial charge in [0.25, 0.3) is 0 Å². The van der Waals surface area contributed by atoms with Crippen LogP contribution in [0.2, 0.25) is 0 Å². The normalized spacial score (nSPS) is 12.2. The van der Waals surface area contributed by atoms with Crippen molar-refractivity contribution in [2.75, 3.05) is 5.32 Å². The highest BCUT2D eigenvalue weighted by atomic mass is 19.4. The molecule has 0 amide bonds. The fourth-order valence-corrected chi connectivity index (χ4v) is 2.92. The average Bonchev–Trinajstić information content (AvgIpc) is 3.16. The standard InChI is InChI=1S/C17H15F3N6/c1-10-7-15(26-14(23-10)5-6-22-26)21-9-16-24-12-8-11(17(18,19)20)3-4-13(12)25(16)2/h3-8,21H,9H2,1-2H3. The van der Waals surface area contributed by atoms with Crippen LogP contribution in [0.1, 0.15) is 17.1 Å². The zero-order valence-electron chi connectivity index (χ0n) is 14.0. The van der Waals surface area contributed by atoms with Gasteiger partial charge in [-0.05, 0) is 25.1 Å². The summed E-state index contributed by atoms with van der Waals surface area (Å²) in [7, 11) is 1.78. The van der Waals surface area contributed by atoms with Crippen LogP contribution in [-0.2, 0) is 19.8 Å². The third-order valence-corrected chi connectivity index (χ3v) is 4.22. The fourth-order valence-electron chi connectivity index (χ4n) is 2.92. The van der Waals surface area contributed by atoms with Gasteiger partial charge in [-0.2, -0.15) is 22.8 Å². The average molecular weight is 360 g/mol. The highest BCUT2D eigenvalue weighted by Gasteiger charge is 2.31. The lowest BCUT2D eigenvalue weighted by atomic mass is 10.2. The SMILES string of the molecule is Cc1cc(NCc2nc3cc(C(F)(F)F)ccc3n2C)n2nccc2n1. The molecule has 0 unspecified atom stereocenters. The Hall–Kier alpha value is -3.10. The molecule has 3 aromatic heterocycles. The van der Waals surface area contributed by atoms with Gasteiger partial charge in [0.2, 0.25) is 0 Å². The van der Waals surface area contributed by atoms with Crippen molar-refractivity contribution in [3.8, 4) is 0 Å². The molecule has 4 rings (SSSR count). The maximum Gasteiger partial charge on any atom is 0.416 e. The second-order valence-corrected chi connectivity index (χ2v) is 6.03. The van der Waals surface area contributed by atoms with Gasteiger partial charge in [0.05, 0.1) is 29.3 Å². The van der Waals surface area contributed by atoms with E-state index < -0.39 is 11.7 Å². The first-order valence-electron chi connectivity index (χ1n) is 7.91. The van der Waals surface area contributed by atoms with E-state index in [2.05, 4.69) is 20.4 Å². The Morgan fingerprint density at radius 3 is 2.69 bits per heavy atom. The van der Waals surface area contributed by atoms with Crippen LogP contribution in [0.5, 0.6) is 0 Å². The van der Waals surface area contributed by atoms with Gasteiger partial charge in [-0.1, -0.05) is 0 Å². The first-order valence-corrected chi connectivity index (χ1v) is 7.91. The number of alkyl halides is 3. The van der Waals surface area contributed by atoms with E-state index in [-0.39, 0.29) is 0 Å². The molecule has 6 nitrogen and oxygen atoms in total. The van der Waals surface area contributed by atoms with Crippen molar-refractivity contribution >= 4 is 22.5 Å². The summed E-state index contributed by atoms with van der Waals surface area (Å²) in [5.74, 6) is 1.36. The van der Waals surface area contributed by atoms with Gasteiger partial charge < -0.3 is 9.88 Å². The quantitative estimate of drug-likeness (QED) is 0.607. The Labute approximate surface area is 146 Å². The van der Waals surface area contributed by atoms with Gasteiger partial charge in [-0.25, -0.2) is 9.97 Å². The third-order valence-electron chi connectivity index (χ3n) is 4.22. The maximum atomic E-state index is 12.9. The summed E-state index contributed by atoms with van der Waals surface area (Å²) in [4.78, 5) is 8.72. The lowest BCUT2D eigenvalue weighted by Crippen LogP contribution is -2.10. The number of aromatic nitrogens is 5. The van der Waals surface area contributed by atoms with Crippen LogP contribution >= 0.6 is 0 Å². The van der Waals surface area contributed by atoms with Crippen molar-refractivity contribution in [3.05, 3.63) is 53.6 Å². The highest BCUT2D eigenvalue weighted by Crippen LogP contribution is 2.31. The van der Waals surface area contributed by atoms with Crippen molar-refractivity contribution < 1.29 is 13.2 Å². The van der Waals surface area contributed by atoms with Crippen LogP contribution in [0.25, 0.3) is 16.7 Å². The predicted octanol–water partition coefficient (Wildman–Crippen LogP) is 3.56. The van der Waals surface area contributed by atoms with Crippen LogP contribution in [-0.4, -0.2) is 24.1 Å². The molecule has 0 spiro atoms. The van der Waals surface area contributed by atoms with E-state index >= 15 is 0 Å². The lowest BCUT2D eigenvalue weighted by Gasteiger charge is -2.09. The van der Waals surface area contributed by atoms with Gasteiger partial charge in [0.1, 0.15) is 11.6 Å². The van der Waals surface area contributed by atoms with Crippen molar-refractivity contribution in [1.82, 2.24) is 24.1 Å². The highest BCUT2D eigenvalue weighted by molar-refractivity contribution is 5.77. The molecule has 0 saturated carbocycles. The Bertz CT molecular complexity index is 1110. The number of nitrogens with one attached hydrogen (secondary N) is 1. The van der Waals surface area contributed by atoms with Gasteiger partial charge in [-0.15, -0.1) is 0 Å². The van der Waals surface area contributed by atoms with Crippen LogP contribution in [0, 0.1) is 6.92 Å². The molecule has 0 aliphatic rings. The minimum atomic E-state index is -4.38. The lowest BCUT2D eigenvalue weighted by molar-refractivity contribution is -0.137. The minimum Gasteiger partial charge on any atom is -0.363 e. The number of rotatable bonds is 3. The largest absolute Gasteiger partial charge is 0.416 e. The summed E-state index contributed by atoms with van der Waals surface area (Å²) >= 11 is 0. The zero-order valence-corrected chi connectivity index (χ0v) is 14.0. The molecule has 1 aromatic carbocycles. The number of halogens is 3. The van der Waals surface area contributed by atoms with E-state index in [9.17, 15) is 13.2 Å². The summed E-state index contributed by atoms with van der Waals surface area (Å²) in [6.07, 6.45) is -2.73. The Morgan fingerprint density at radius 2 is 1.92 bits per heavy atom. The molecule has 0 bridgehead atoms. The maximum absolute atomic E-state index is 12.9. The molecule has 0 fully saturated rings. The van der Waals surface area contributed by atoms with E-state index in [1.54, 1.807) is 28.4 Å². The number of anilines is 1. The summed E-state index contributed by atoms with van der Waals surface area (Å²) in [6.45, 7) is 2.22. The number of aryl methyl sites for hydroxylation is 2. The molecule has 1 N–H and O–H groups in total. The van der Waals surface area contributed by atoms with E-state index in [1.807, 2.05) is 13.0 Å². The molecule has 0 aliphatic carbocycles. The molecule has 0 saturated heterocycles. The summed E-state index contributed by atoms with van der Waals surface area (Å²) in [5, 5.41) is 7.45. The molecule has 0 atom stereocenters. The number of nitrogens with zero attached hydrogens (tertiary/aromatic N) is 5. The molecule has 4 aromatic rings. The molecule has 0 aliphatic heterocycles. The number of benzene rings is 1. The zero-order chi connectivity index (χ0) is 18.5. The number of hydrogen-bond donors (Lipinski definition) is 1. The van der Waals surface area contributed by atoms with E-state index in [0.29, 0.717) is 29.0 Å². The van der Waals surface area contributed by atoms with E-state index in [4.69, 9.17) is 0 Å². The number of fused-ring (bicyclic) bond motifs is 2. The van der Waals surface area contributed by atoms with E-state index in [1.165, 1.54) is 6.07 Å². The molecule has 134 valence electrons. The smallest absolute Gasteiger partial charge is 0.363 e. The van der Waals surface area contributed by atoms with Crippen molar-refractivity contribution in [2.45, 2.75) is 19.6 Å². The van der Waals surface area contributed by atoms with E-state index in [0.717, 1.165) is 23.6 Å². The predicted molar refractivity (Wildman–Crippen MR) is 90.8 cm³/mol. The first kappa shape index (κ1) is 16.4. The first-order chi connectivity index (χ1) is 12.3. The molecule has 0 radical (unpaired) electrons. The van der Waals surface area contributed by atoms with Gasteiger partial charge in [-0.3, -0.25) is 0 Å². The second kappa shape index (κ2) is 5.72. The van der Waals surface area contributed by atoms with Gasteiger partial charge in [0.15, 0.2) is 5.65 Å². The number of hydrogen-bond acceptors (Lipinski definition) is 4. The molecule has 3 heterocycles. The van der Waals surface area contributed by atoms with Gasteiger partial charge >= 0.3 is 6.18 Å². The monoisotopic (exact) mass is 360 g/mol. The third kappa shape index (κ3) is 2.75. The van der Waals surface area contributed by atoms with Crippen LogP contribution < -0.4 is 5.32 Å². The molecular weight excluding hydrogens is 345 g/mol. The van der Waals surface area contributed by atoms with Crippen LogP contribution in [0.4, 0.5) is 19.0 Å². The molecular formula is C17H15F3N6. The minimum absolute atomic E-state index is 0.314. The summed E-state index contributed by atoms with van der Waals surface area (Å²) in [6, 6.07) is 7.23. The van der Waals surface area contributed by atoms with Crippen LogP contribution in [0.15, 0.2) is 36.5 Å². The van der Waals surface area contributed by atoms with Crippen molar-refractivity contribution in [3.63, 3.8) is 0 Å².